The summed E-state index contributed by atoms with van der Waals surface area (Å²) in [6.45, 7) is 0. The van der Waals surface area contributed by atoms with Crippen LogP contribution in [-0.4, -0.2) is 35.5 Å². The van der Waals surface area contributed by atoms with E-state index in [-0.39, 0.29) is 12.0 Å². The molecule has 0 amide bonds. The predicted molar refractivity (Wildman–Crippen MR) is 174 cm³/mol. The van der Waals surface area contributed by atoms with E-state index in [1.165, 1.54) is 16.9 Å². The summed E-state index contributed by atoms with van der Waals surface area (Å²) in [5.74, 6) is 1.75. The van der Waals surface area contributed by atoms with Gasteiger partial charge in [0.2, 0.25) is 5.95 Å². The number of allylic oxidation sites excluding steroid dienone is 2. The van der Waals surface area contributed by atoms with Crippen LogP contribution in [0.3, 0.4) is 0 Å². The van der Waals surface area contributed by atoms with Gasteiger partial charge in [-0.3, -0.25) is 14.5 Å². The normalized spacial score (nSPS) is 16.9. The monoisotopic (exact) mass is 567 g/mol. The summed E-state index contributed by atoms with van der Waals surface area (Å²) in [6.07, 6.45) is 12.4. The minimum absolute atomic E-state index is 0.201. The molecule has 0 bridgehead atoms. The predicted octanol–water partition coefficient (Wildman–Crippen LogP) is 7.82. The third-order valence-electron chi connectivity index (χ3n) is 8.49. The Balaban J connectivity index is 1.33. The van der Waals surface area contributed by atoms with Crippen molar-refractivity contribution in [1.82, 2.24) is 29.5 Å². The fourth-order valence-electron chi connectivity index (χ4n) is 6.58. The van der Waals surface area contributed by atoms with Gasteiger partial charge in [-0.15, -0.1) is 0 Å². The van der Waals surface area contributed by atoms with Gasteiger partial charge in [-0.1, -0.05) is 72.8 Å². The minimum atomic E-state index is 0.201. The maximum atomic E-state index is 5.02. The van der Waals surface area contributed by atoms with E-state index in [4.69, 9.17) is 15.0 Å². The Kier molecular flexibility index (Phi) is 5.49. The van der Waals surface area contributed by atoms with Gasteiger partial charge in [0.05, 0.1) is 17.1 Å². The molecule has 1 aliphatic carbocycles. The lowest BCUT2D eigenvalue weighted by molar-refractivity contribution is 0.745. The minimum Gasteiger partial charge on any atom is -0.333 e. The van der Waals surface area contributed by atoms with Crippen molar-refractivity contribution in [2.45, 2.75) is 12.0 Å². The zero-order chi connectivity index (χ0) is 29.0. The lowest BCUT2D eigenvalue weighted by Crippen LogP contribution is -2.28. The fourth-order valence-corrected chi connectivity index (χ4v) is 6.58. The summed E-state index contributed by atoms with van der Waals surface area (Å²) in [5, 5.41) is 2.28. The Morgan fingerprint density at radius 1 is 0.568 bits per heavy atom. The van der Waals surface area contributed by atoms with Crippen LogP contribution in [0, 0.1) is 0 Å². The molecule has 0 fully saturated rings. The van der Waals surface area contributed by atoms with Crippen LogP contribution in [0.2, 0.25) is 0 Å². The maximum Gasteiger partial charge on any atom is 0.238 e. The fraction of sp³-hybridized carbons (Fsp3) is 0.0541. The first kappa shape index (κ1) is 24.6. The van der Waals surface area contributed by atoms with Crippen molar-refractivity contribution in [3.63, 3.8) is 0 Å². The zero-order valence-electron chi connectivity index (χ0n) is 23.6. The average molecular weight is 568 g/mol. The molecule has 7 nitrogen and oxygen atoms in total. The number of para-hydroxylation sites is 2. The topological polar surface area (TPSA) is 72.6 Å². The highest BCUT2D eigenvalue weighted by atomic mass is 15.2. The van der Waals surface area contributed by atoms with Crippen molar-refractivity contribution in [3.8, 4) is 29.0 Å². The Labute approximate surface area is 253 Å². The second-order valence-corrected chi connectivity index (χ2v) is 11.0. The molecule has 208 valence electrons. The molecule has 4 aromatic heterocycles. The van der Waals surface area contributed by atoms with E-state index in [1.54, 1.807) is 12.4 Å². The molecule has 1 aliphatic heterocycles. The van der Waals surface area contributed by atoms with Gasteiger partial charge in [0.1, 0.15) is 11.4 Å². The Bertz CT molecular complexity index is 2180. The first-order valence-corrected chi connectivity index (χ1v) is 14.7. The van der Waals surface area contributed by atoms with Crippen molar-refractivity contribution in [2.75, 3.05) is 4.90 Å². The van der Waals surface area contributed by atoms with Crippen LogP contribution >= 0.6 is 0 Å². The molecule has 3 aromatic carbocycles. The molecule has 44 heavy (non-hydrogen) atoms. The third-order valence-corrected chi connectivity index (χ3v) is 8.49. The van der Waals surface area contributed by atoms with Crippen molar-refractivity contribution in [1.29, 1.82) is 0 Å². The summed E-state index contributed by atoms with van der Waals surface area (Å²) in [5.41, 5.74) is 7.11. The largest absolute Gasteiger partial charge is 0.333 e. The number of hydrogen-bond acceptors (Lipinski definition) is 6. The van der Waals surface area contributed by atoms with E-state index < -0.39 is 0 Å². The van der Waals surface area contributed by atoms with Crippen LogP contribution in [0.1, 0.15) is 11.5 Å². The lowest BCUT2D eigenvalue weighted by atomic mass is 9.91. The molecule has 0 saturated carbocycles. The molecule has 0 saturated heterocycles. The summed E-state index contributed by atoms with van der Waals surface area (Å²) in [7, 11) is 0. The molecule has 7 heteroatoms. The van der Waals surface area contributed by atoms with Crippen LogP contribution in [0.25, 0.3) is 50.8 Å². The van der Waals surface area contributed by atoms with Crippen LogP contribution in [0.15, 0.2) is 140 Å². The first-order chi connectivity index (χ1) is 21.8. The smallest absolute Gasteiger partial charge is 0.238 e. The van der Waals surface area contributed by atoms with Crippen LogP contribution in [-0.2, 0) is 0 Å². The number of aromatic nitrogens is 6. The van der Waals surface area contributed by atoms with Crippen molar-refractivity contribution < 1.29 is 0 Å². The van der Waals surface area contributed by atoms with Gasteiger partial charge < -0.3 is 4.90 Å². The quantitative estimate of drug-likeness (QED) is 0.216. The Morgan fingerprint density at radius 2 is 1.25 bits per heavy atom. The number of rotatable bonds is 4. The molecule has 0 spiro atoms. The number of hydrogen-bond donors (Lipinski definition) is 0. The standard InChI is InChI=1S/C37H25N7/c1-2-12-24(13-3-1)43-31-18-6-4-14-25(31)27-23-34-28(22-33(27)43)26-15-5-7-19-32(26)44(34)37-41-35(29-16-8-10-20-38-29)40-36(42-37)30-17-9-11-21-39-30/h1-23,25,31H. The van der Waals surface area contributed by atoms with Crippen LogP contribution in [0.4, 0.5) is 11.4 Å². The highest BCUT2D eigenvalue weighted by Crippen LogP contribution is 2.50. The third kappa shape index (κ3) is 3.79. The van der Waals surface area contributed by atoms with E-state index in [9.17, 15) is 0 Å². The van der Waals surface area contributed by atoms with Gasteiger partial charge >= 0.3 is 0 Å². The number of anilines is 2. The second-order valence-electron chi connectivity index (χ2n) is 11.0. The Hall–Kier alpha value is -5.95. The molecular formula is C37H25N7. The molecule has 0 radical (unpaired) electrons. The maximum absolute atomic E-state index is 5.02. The number of nitrogens with zero attached hydrogens (tertiary/aromatic N) is 7. The van der Waals surface area contributed by atoms with Gasteiger partial charge in [-0.2, -0.15) is 9.97 Å². The molecule has 0 N–H and O–H groups in total. The van der Waals surface area contributed by atoms with Crippen molar-refractivity contribution in [3.05, 3.63) is 145 Å². The van der Waals surface area contributed by atoms with Gasteiger partial charge in [-0.05, 0) is 60.2 Å². The summed E-state index contributed by atoms with van der Waals surface area (Å²) in [4.78, 5) is 26.4. The lowest BCUT2D eigenvalue weighted by Gasteiger charge is -2.28. The molecule has 2 unspecified atom stereocenters. The van der Waals surface area contributed by atoms with Gasteiger partial charge in [-0.25, -0.2) is 4.98 Å². The van der Waals surface area contributed by atoms with E-state index in [2.05, 4.69) is 110 Å². The number of fused-ring (bicyclic) bond motifs is 6. The second kappa shape index (κ2) is 9.81. The molecule has 2 aliphatic rings. The average Bonchev–Trinajstić information content (AvgIpc) is 3.60. The van der Waals surface area contributed by atoms with E-state index >= 15 is 0 Å². The summed E-state index contributed by atoms with van der Waals surface area (Å²) >= 11 is 0. The SMILES string of the molecule is C1=CC2c3cc4c(cc3N(c3ccccc3)C2C=C1)c1ccccc1n4-c1nc(-c2ccccn2)nc(-c2ccccn2)n1. The molecule has 7 aromatic rings. The van der Waals surface area contributed by atoms with Crippen molar-refractivity contribution >= 4 is 33.2 Å². The van der Waals surface area contributed by atoms with E-state index in [0.29, 0.717) is 29.0 Å². The molecular weight excluding hydrogens is 542 g/mol. The van der Waals surface area contributed by atoms with Gasteiger partial charge in [0, 0.05) is 40.5 Å². The van der Waals surface area contributed by atoms with E-state index in [0.717, 1.165) is 21.8 Å². The van der Waals surface area contributed by atoms with Crippen molar-refractivity contribution in [2.24, 2.45) is 0 Å². The van der Waals surface area contributed by atoms with Crippen LogP contribution < -0.4 is 4.90 Å². The molecule has 2 atom stereocenters. The van der Waals surface area contributed by atoms with Gasteiger partial charge in [0.25, 0.3) is 0 Å². The summed E-state index contributed by atoms with van der Waals surface area (Å²) < 4.78 is 2.16. The zero-order valence-corrected chi connectivity index (χ0v) is 23.6. The molecule has 5 heterocycles. The Morgan fingerprint density at radius 3 is 1.98 bits per heavy atom. The number of pyridine rings is 2. The van der Waals surface area contributed by atoms with Crippen LogP contribution in [0.5, 0.6) is 0 Å². The van der Waals surface area contributed by atoms with E-state index in [1.807, 2.05) is 36.4 Å². The molecule has 9 rings (SSSR count). The highest BCUT2D eigenvalue weighted by molar-refractivity contribution is 6.11. The summed E-state index contributed by atoms with van der Waals surface area (Å²) in [6, 6.07) is 35.5. The first-order valence-electron chi connectivity index (χ1n) is 14.7. The number of benzene rings is 3. The van der Waals surface area contributed by atoms with Gasteiger partial charge in [0.15, 0.2) is 11.6 Å². The highest BCUT2D eigenvalue weighted by Gasteiger charge is 2.38.